The molecule has 16 heavy (non-hydrogen) atoms. The molecule has 1 aromatic heterocycles. The number of hydrogen-bond donors (Lipinski definition) is 1. The van der Waals surface area contributed by atoms with Crippen LogP contribution < -0.4 is 0 Å². The van der Waals surface area contributed by atoms with E-state index in [-0.39, 0.29) is 15.2 Å². The van der Waals surface area contributed by atoms with E-state index in [9.17, 15) is 18.0 Å². The number of thiazole rings is 1. The number of alkyl halides is 3. The van der Waals surface area contributed by atoms with Gasteiger partial charge in [0.15, 0.2) is 0 Å². The first-order valence-electron chi connectivity index (χ1n) is 4.09. The topological polar surface area (TPSA) is 50.2 Å². The van der Waals surface area contributed by atoms with Crippen LogP contribution in [0.25, 0.3) is 10.2 Å². The predicted molar refractivity (Wildman–Crippen MR) is 51.6 cm³/mol. The molecule has 7 heteroatoms. The van der Waals surface area contributed by atoms with Crippen molar-refractivity contribution in [2.24, 2.45) is 0 Å². The maximum atomic E-state index is 12.5. The van der Waals surface area contributed by atoms with Gasteiger partial charge < -0.3 is 5.11 Å². The minimum atomic E-state index is -4.52. The SMILES string of the molecule is O=C(O)c1nc2c(C(F)(F)F)cccc2s1. The van der Waals surface area contributed by atoms with E-state index in [1.807, 2.05) is 0 Å². The summed E-state index contributed by atoms with van der Waals surface area (Å²) in [5.41, 5.74) is -1.22. The number of carbonyl (C=O) groups is 1. The van der Waals surface area contributed by atoms with Crippen molar-refractivity contribution >= 4 is 27.5 Å². The lowest BCUT2D eigenvalue weighted by atomic mass is 10.2. The summed E-state index contributed by atoms with van der Waals surface area (Å²) >= 11 is 0.725. The number of carboxylic acids is 1. The quantitative estimate of drug-likeness (QED) is 0.842. The molecule has 1 N–H and O–H groups in total. The molecule has 0 saturated carbocycles. The van der Waals surface area contributed by atoms with Gasteiger partial charge in [0.25, 0.3) is 0 Å². The van der Waals surface area contributed by atoms with Crippen molar-refractivity contribution in [2.45, 2.75) is 6.18 Å². The molecule has 2 aromatic rings. The second-order valence-corrected chi connectivity index (χ2v) is 4.00. The molecule has 0 aliphatic rings. The van der Waals surface area contributed by atoms with Crippen molar-refractivity contribution in [1.29, 1.82) is 0 Å². The van der Waals surface area contributed by atoms with Crippen LogP contribution in [0.4, 0.5) is 13.2 Å². The number of aromatic carboxylic acids is 1. The number of fused-ring (bicyclic) bond motifs is 1. The number of benzene rings is 1. The summed E-state index contributed by atoms with van der Waals surface area (Å²) < 4.78 is 37.9. The number of halogens is 3. The molecule has 0 saturated heterocycles. The highest BCUT2D eigenvalue weighted by atomic mass is 32.1. The van der Waals surface area contributed by atoms with Crippen LogP contribution in [0.1, 0.15) is 15.4 Å². The lowest BCUT2D eigenvalue weighted by Gasteiger charge is -2.05. The normalized spacial score (nSPS) is 11.9. The smallest absolute Gasteiger partial charge is 0.418 e. The molecule has 0 aliphatic carbocycles. The summed E-state index contributed by atoms with van der Waals surface area (Å²) in [6, 6.07) is 3.53. The minimum absolute atomic E-state index is 0.215. The maximum absolute atomic E-state index is 12.5. The third kappa shape index (κ3) is 1.73. The zero-order valence-corrected chi connectivity index (χ0v) is 8.39. The Morgan fingerprint density at radius 3 is 2.62 bits per heavy atom. The Labute approximate surface area is 91.2 Å². The van der Waals surface area contributed by atoms with E-state index >= 15 is 0 Å². The van der Waals surface area contributed by atoms with Gasteiger partial charge in [-0.2, -0.15) is 13.2 Å². The molecular formula is C9H4F3NO2S. The molecule has 0 fully saturated rings. The average molecular weight is 247 g/mol. The maximum Gasteiger partial charge on any atom is 0.418 e. The zero-order valence-electron chi connectivity index (χ0n) is 7.58. The minimum Gasteiger partial charge on any atom is -0.476 e. The summed E-state index contributed by atoms with van der Waals surface area (Å²) in [6.07, 6.45) is -4.52. The Balaban J connectivity index is 2.73. The standard InChI is InChI=1S/C9H4F3NO2S/c10-9(11,12)4-2-1-3-5-6(4)13-7(16-5)8(14)15/h1-3H,(H,14,15). The lowest BCUT2D eigenvalue weighted by molar-refractivity contribution is -0.136. The second-order valence-electron chi connectivity index (χ2n) is 2.97. The highest BCUT2D eigenvalue weighted by Gasteiger charge is 2.34. The van der Waals surface area contributed by atoms with Gasteiger partial charge in [-0.1, -0.05) is 6.07 Å². The number of aromatic nitrogens is 1. The number of carboxylic acid groups (broad SMARTS) is 1. The highest BCUT2D eigenvalue weighted by molar-refractivity contribution is 7.20. The molecule has 0 spiro atoms. The third-order valence-electron chi connectivity index (χ3n) is 1.91. The molecular weight excluding hydrogens is 243 g/mol. The molecule has 0 aliphatic heterocycles. The predicted octanol–water partition coefficient (Wildman–Crippen LogP) is 3.01. The molecule has 2 rings (SSSR count). The number of hydrogen-bond acceptors (Lipinski definition) is 3. The monoisotopic (exact) mass is 247 g/mol. The van der Waals surface area contributed by atoms with E-state index in [0.29, 0.717) is 0 Å². The number of para-hydroxylation sites is 1. The van der Waals surface area contributed by atoms with Gasteiger partial charge in [0.05, 0.1) is 15.8 Å². The van der Waals surface area contributed by atoms with Crippen LogP contribution in [0.2, 0.25) is 0 Å². The van der Waals surface area contributed by atoms with Gasteiger partial charge in [0.2, 0.25) is 5.01 Å². The Hall–Kier alpha value is -1.63. The molecule has 1 heterocycles. The Morgan fingerprint density at radius 2 is 2.06 bits per heavy atom. The second kappa shape index (κ2) is 3.44. The lowest BCUT2D eigenvalue weighted by Crippen LogP contribution is -2.05. The summed E-state index contributed by atoms with van der Waals surface area (Å²) in [5, 5.41) is 8.31. The Bertz CT molecular complexity index is 561. The Kier molecular flexibility index (Phi) is 2.34. The van der Waals surface area contributed by atoms with Gasteiger partial charge >= 0.3 is 12.1 Å². The molecule has 0 radical (unpaired) electrons. The molecule has 0 unspecified atom stereocenters. The van der Waals surface area contributed by atoms with Gasteiger partial charge in [-0.25, -0.2) is 9.78 Å². The molecule has 0 bridgehead atoms. The summed E-state index contributed by atoms with van der Waals surface area (Å²) in [5.74, 6) is -1.32. The van der Waals surface area contributed by atoms with Crippen molar-refractivity contribution in [3.05, 3.63) is 28.8 Å². The van der Waals surface area contributed by atoms with Crippen molar-refractivity contribution in [1.82, 2.24) is 4.98 Å². The fourth-order valence-corrected chi connectivity index (χ4v) is 2.10. The van der Waals surface area contributed by atoms with E-state index in [4.69, 9.17) is 5.11 Å². The highest BCUT2D eigenvalue weighted by Crippen LogP contribution is 2.36. The number of rotatable bonds is 1. The van der Waals surface area contributed by atoms with Crippen LogP contribution in [0, 0.1) is 0 Å². The average Bonchev–Trinajstić information content (AvgIpc) is 2.58. The van der Waals surface area contributed by atoms with Crippen LogP contribution in [-0.4, -0.2) is 16.1 Å². The van der Waals surface area contributed by atoms with Gasteiger partial charge in [-0.3, -0.25) is 0 Å². The number of nitrogens with zero attached hydrogens (tertiary/aromatic N) is 1. The molecule has 1 aromatic carbocycles. The van der Waals surface area contributed by atoms with Gasteiger partial charge in [-0.05, 0) is 12.1 Å². The Morgan fingerprint density at radius 1 is 1.38 bits per heavy atom. The first-order chi connectivity index (χ1) is 7.39. The van der Waals surface area contributed by atoms with Gasteiger partial charge in [-0.15, -0.1) is 11.3 Å². The first kappa shape index (κ1) is 10.9. The molecule has 0 atom stereocenters. The summed E-state index contributed by atoms with van der Waals surface area (Å²) in [7, 11) is 0. The van der Waals surface area contributed by atoms with Crippen molar-refractivity contribution in [3.63, 3.8) is 0 Å². The molecule has 0 amide bonds. The van der Waals surface area contributed by atoms with Crippen molar-refractivity contribution < 1.29 is 23.1 Å². The van der Waals surface area contributed by atoms with E-state index < -0.39 is 17.7 Å². The van der Waals surface area contributed by atoms with E-state index in [2.05, 4.69) is 4.98 Å². The third-order valence-corrected chi connectivity index (χ3v) is 2.92. The van der Waals surface area contributed by atoms with Gasteiger partial charge in [0.1, 0.15) is 0 Å². The van der Waals surface area contributed by atoms with Gasteiger partial charge in [0, 0.05) is 0 Å². The zero-order chi connectivity index (χ0) is 11.9. The van der Waals surface area contributed by atoms with E-state index in [0.717, 1.165) is 17.4 Å². The first-order valence-corrected chi connectivity index (χ1v) is 4.91. The van der Waals surface area contributed by atoms with Crippen LogP contribution >= 0.6 is 11.3 Å². The van der Waals surface area contributed by atoms with Crippen LogP contribution in [0.5, 0.6) is 0 Å². The van der Waals surface area contributed by atoms with Crippen LogP contribution in [-0.2, 0) is 6.18 Å². The van der Waals surface area contributed by atoms with E-state index in [1.165, 1.54) is 12.1 Å². The van der Waals surface area contributed by atoms with E-state index in [1.54, 1.807) is 0 Å². The molecule has 84 valence electrons. The molecule has 3 nitrogen and oxygen atoms in total. The van der Waals surface area contributed by atoms with Crippen LogP contribution in [0.3, 0.4) is 0 Å². The fourth-order valence-electron chi connectivity index (χ4n) is 1.27. The fraction of sp³-hybridized carbons (Fsp3) is 0.111. The summed E-state index contributed by atoms with van der Waals surface area (Å²) in [6.45, 7) is 0. The van der Waals surface area contributed by atoms with Crippen LogP contribution in [0.15, 0.2) is 18.2 Å². The summed E-state index contributed by atoms with van der Waals surface area (Å²) in [4.78, 5) is 14.1. The van der Waals surface area contributed by atoms with Crippen molar-refractivity contribution in [3.8, 4) is 0 Å². The van der Waals surface area contributed by atoms with Crippen molar-refractivity contribution in [2.75, 3.05) is 0 Å². The largest absolute Gasteiger partial charge is 0.476 e.